The van der Waals surface area contributed by atoms with E-state index in [1.807, 2.05) is 39.2 Å². The predicted octanol–water partition coefficient (Wildman–Crippen LogP) is 3.36. The van der Waals surface area contributed by atoms with Gasteiger partial charge in [-0.3, -0.25) is 0 Å². The van der Waals surface area contributed by atoms with Gasteiger partial charge in [0.1, 0.15) is 0 Å². The van der Waals surface area contributed by atoms with Gasteiger partial charge in [-0.05, 0) is 0 Å². The molecule has 2 aromatic rings. The first kappa shape index (κ1) is 15.3. The minimum absolute atomic E-state index is 0.324. The fraction of sp³-hybridized carbons (Fsp3) is 0.467. The summed E-state index contributed by atoms with van der Waals surface area (Å²) in [4.78, 5) is 23.5. The molecule has 0 radical (unpaired) electrons. The van der Waals surface area contributed by atoms with E-state index in [4.69, 9.17) is 4.74 Å². The Kier molecular flexibility index (Phi) is 3.88. The molecule has 0 bridgehead atoms. The normalized spacial score (nSPS) is 12.7. The topological polar surface area (TPSA) is 44.1 Å². The number of ether oxygens (including phenoxy) is 1. The average Bonchev–Trinajstić information content (AvgIpc) is 2.65. The van der Waals surface area contributed by atoms with E-state index in [1.54, 1.807) is 10.8 Å². The standard InChI is InChI=1S/C12H13N2O2.3CH3.Sn/c1-12(2,3)16-11(15)14-7-5-9-8-13-6-4-10(9)14;;;;/h4,6-8H,1-3H3;3*1H3;. The SMILES string of the molecule is CC(C)(C)OC(=O)n1c[c]([Sn]([CH3])([CH3])[CH3])c2cnccc21. The number of fused-ring (bicyclic) bond motifs is 1. The second-order valence-electron chi connectivity index (χ2n) is 7.04. The van der Waals surface area contributed by atoms with Crippen molar-refractivity contribution in [3.05, 3.63) is 24.7 Å². The molecule has 0 saturated carbocycles. The monoisotopic (exact) mass is 382 g/mol. The van der Waals surface area contributed by atoms with E-state index >= 15 is 0 Å². The summed E-state index contributed by atoms with van der Waals surface area (Å²) in [5.74, 6) is 0. The van der Waals surface area contributed by atoms with Gasteiger partial charge in [-0.1, -0.05) is 0 Å². The maximum absolute atomic E-state index is 12.4. The average molecular weight is 381 g/mol. The van der Waals surface area contributed by atoms with Gasteiger partial charge in [-0.2, -0.15) is 0 Å². The van der Waals surface area contributed by atoms with Crippen LogP contribution in [-0.2, 0) is 4.74 Å². The number of hydrogen-bond donors (Lipinski definition) is 0. The second kappa shape index (κ2) is 5.06. The molecule has 0 aliphatic carbocycles. The number of pyridine rings is 1. The predicted molar refractivity (Wildman–Crippen MR) is 84.3 cm³/mol. The van der Waals surface area contributed by atoms with Crippen molar-refractivity contribution in [3.63, 3.8) is 0 Å². The van der Waals surface area contributed by atoms with Crippen LogP contribution in [0.1, 0.15) is 20.8 Å². The van der Waals surface area contributed by atoms with Crippen LogP contribution in [0.15, 0.2) is 24.7 Å². The maximum atomic E-state index is 12.4. The van der Waals surface area contributed by atoms with Crippen molar-refractivity contribution in [1.82, 2.24) is 9.55 Å². The van der Waals surface area contributed by atoms with E-state index < -0.39 is 24.0 Å². The Hall–Kier alpha value is -1.04. The summed E-state index contributed by atoms with van der Waals surface area (Å²) in [6, 6.07) is 1.88. The molecule has 108 valence electrons. The molecule has 0 fully saturated rings. The zero-order valence-corrected chi connectivity index (χ0v) is 15.9. The van der Waals surface area contributed by atoms with Crippen molar-refractivity contribution < 1.29 is 9.53 Å². The van der Waals surface area contributed by atoms with Gasteiger partial charge in [0.05, 0.1) is 0 Å². The quantitative estimate of drug-likeness (QED) is 0.712. The zero-order valence-electron chi connectivity index (χ0n) is 13.0. The van der Waals surface area contributed by atoms with Crippen LogP contribution < -0.4 is 3.58 Å². The van der Waals surface area contributed by atoms with Crippen LogP contribution in [-0.4, -0.2) is 39.6 Å². The molecule has 2 aromatic heterocycles. The molecule has 2 heterocycles. The Morgan fingerprint density at radius 2 is 1.95 bits per heavy atom. The molecule has 0 atom stereocenters. The van der Waals surface area contributed by atoms with Crippen LogP contribution in [0.4, 0.5) is 4.79 Å². The molecule has 2 rings (SSSR count). The van der Waals surface area contributed by atoms with Crippen molar-refractivity contribution in [2.24, 2.45) is 0 Å². The molecule has 5 heteroatoms. The molecule has 20 heavy (non-hydrogen) atoms. The summed E-state index contributed by atoms with van der Waals surface area (Å²) in [7, 11) is 0. The van der Waals surface area contributed by atoms with Crippen molar-refractivity contribution in [1.29, 1.82) is 0 Å². The number of aromatic nitrogens is 2. The number of hydrogen-bond acceptors (Lipinski definition) is 3. The Balaban J connectivity index is 2.58. The summed E-state index contributed by atoms with van der Waals surface area (Å²) in [5.41, 5.74) is 0.391. The van der Waals surface area contributed by atoms with Gasteiger partial charge in [-0.15, -0.1) is 0 Å². The summed E-state index contributed by atoms with van der Waals surface area (Å²) in [6.45, 7) is 5.63. The number of carbonyl (C=O) groups is 1. The van der Waals surface area contributed by atoms with Crippen molar-refractivity contribution >= 4 is 39.0 Å². The van der Waals surface area contributed by atoms with Crippen LogP contribution in [0.25, 0.3) is 10.9 Å². The summed E-state index contributed by atoms with van der Waals surface area (Å²) in [6.07, 6.45) is 5.20. The number of rotatable bonds is 1. The van der Waals surface area contributed by atoms with Crippen molar-refractivity contribution in [3.8, 4) is 0 Å². The Morgan fingerprint density at radius 3 is 2.50 bits per heavy atom. The van der Waals surface area contributed by atoms with E-state index in [0.717, 1.165) is 10.9 Å². The van der Waals surface area contributed by atoms with Gasteiger partial charge in [0.15, 0.2) is 0 Å². The third-order valence-electron chi connectivity index (χ3n) is 3.00. The van der Waals surface area contributed by atoms with Gasteiger partial charge in [0.25, 0.3) is 0 Å². The van der Waals surface area contributed by atoms with E-state index in [2.05, 4.69) is 19.8 Å². The van der Waals surface area contributed by atoms with Crippen LogP contribution in [0, 0.1) is 0 Å². The molecular weight excluding hydrogens is 359 g/mol. The van der Waals surface area contributed by atoms with Crippen LogP contribution in [0.2, 0.25) is 14.8 Å². The summed E-state index contributed by atoms with van der Waals surface area (Å²) >= 11 is -2.31. The fourth-order valence-electron chi connectivity index (χ4n) is 2.13. The summed E-state index contributed by atoms with van der Waals surface area (Å²) in [5, 5.41) is 1.08. The van der Waals surface area contributed by atoms with Gasteiger partial charge >= 0.3 is 124 Å². The first-order valence-electron chi connectivity index (χ1n) is 6.78. The Bertz CT molecular complexity index is 648. The third-order valence-corrected chi connectivity index (χ3v) is 8.75. The van der Waals surface area contributed by atoms with Crippen molar-refractivity contribution in [2.45, 2.75) is 41.2 Å². The zero-order chi connectivity index (χ0) is 15.1. The van der Waals surface area contributed by atoms with Crippen LogP contribution in [0.3, 0.4) is 0 Å². The second-order valence-corrected chi connectivity index (χ2v) is 21.4. The molecule has 0 aliphatic heterocycles. The summed E-state index contributed by atoms with van der Waals surface area (Å²) < 4.78 is 8.41. The van der Waals surface area contributed by atoms with Gasteiger partial charge in [0.2, 0.25) is 0 Å². The van der Waals surface area contributed by atoms with E-state index in [9.17, 15) is 4.79 Å². The Labute approximate surface area is 124 Å². The first-order valence-corrected chi connectivity index (χ1v) is 16.8. The molecule has 0 amide bonds. The molecule has 0 N–H and O–H groups in total. The molecule has 0 unspecified atom stereocenters. The number of carbonyl (C=O) groups excluding carboxylic acids is 1. The molecule has 0 spiro atoms. The van der Waals surface area contributed by atoms with Gasteiger partial charge in [0, 0.05) is 0 Å². The number of nitrogens with zero attached hydrogens (tertiary/aromatic N) is 2. The van der Waals surface area contributed by atoms with E-state index in [-0.39, 0.29) is 6.09 Å². The third kappa shape index (κ3) is 3.16. The molecular formula is C15H22N2O2Sn. The van der Waals surface area contributed by atoms with Gasteiger partial charge < -0.3 is 0 Å². The van der Waals surface area contributed by atoms with Crippen molar-refractivity contribution in [2.75, 3.05) is 0 Å². The minimum atomic E-state index is -2.31. The molecule has 4 nitrogen and oxygen atoms in total. The van der Waals surface area contributed by atoms with E-state index in [1.165, 1.54) is 3.58 Å². The first-order chi connectivity index (χ1) is 9.09. The van der Waals surface area contributed by atoms with E-state index in [0.29, 0.717) is 0 Å². The van der Waals surface area contributed by atoms with Crippen LogP contribution in [0.5, 0.6) is 0 Å². The van der Waals surface area contributed by atoms with Crippen LogP contribution >= 0.6 is 0 Å². The molecule has 0 aliphatic rings. The van der Waals surface area contributed by atoms with Gasteiger partial charge in [-0.25, -0.2) is 0 Å². The molecule has 0 saturated heterocycles. The Morgan fingerprint density at radius 1 is 1.30 bits per heavy atom. The fourth-order valence-corrected chi connectivity index (χ4v) is 6.46. The molecule has 0 aromatic carbocycles.